The lowest BCUT2D eigenvalue weighted by molar-refractivity contribution is 0.122. The first-order valence-electron chi connectivity index (χ1n) is 11.0. The summed E-state index contributed by atoms with van der Waals surface area (Å²) in [7, 11) is 0. The number of aromatic nitrogens is 4. The van der Waals surface area contributed by atoms with Gasteiger partial charge >= 0.3 is 0 Å². The molecule has 1 aliphatic heterocycles. The summed E-state index contributed by atoms with van der Waals surface area (Å²) in [4.78, 5) is 30.9. The Balaban J connectivity index is 1.33. The molecule has 3 heterocycles. The molecule has 2 aromatic carbocycles. The number of hydrogen-bond acceptors (Lipinski definition) is 8. The van der Waals surface area contributed by atoms with Gasteiger partial charge in [-0.15, -0.1) is 0 Å². The van der Waals surface area contributed by atoms with Crippen LogP contribution in [0.3, 0.4) is 0 Å². The first kappa shape index (κ1) is 21.6. The van der Waals surface area contributed by atoms with Gasteiger partial charge in [-0.2, -0.15) is 0 Å². The number of rotatable bonds is 6. The molecule has 0 bridgehead atoms. The zero-order chi connectivity index (χ0) is 23.3. The van der Waals surface area contributed by atoms with Gasteiger partial charge in [-0.3, -0.25) is 9.78 Å². The van der Waals surface area contributed by atoms with E-state index >= 15 is 0 Å². The van der Waals surface area contributed by atoms with Crippen LogP contribution >= 0.6 is 0 Å². The number of anilines is 3. The first-order valence-corrected chi connectivity index (χ1v) is 11.0. The number of aryl methyl sites for hydroxylation is 1. The van der Waals surface area contributed by atoms with Gasteiger partial charge in [0.1, 0.15) is 11.5 Å². The van der Waals surface area contributed by atoms with Crippen molar-refractivity contribution in [3.8, 4) is 22.8 Å². The van der Waals surface area contributed by atoms with Gasteiger partial charge in [0.05, 0.1) is 24.6 Å². The molecule has 0 unspecified atom stereocenters. The van der Waals surface area contributed by atoms with Crippen LogP contribution in [-0.4, -0.2) is 46.2 Å². The van der Waals surface area contributed by atoms with Crippen LogP contribution < -0.4 is 20.5 Å². The third-order valence-corrected chi connectivity index (χ3v) is 5.37. The van der Waals surface area contributed by atoms with E-state index in [0.717, 1.165) is 30.2 Å². The second kappa shape index (κ2) is 9.72. The Morgan fingerprint density at radius 1 is 1.00 bits per heavy atom. The Bertz CT molecular complexity index is 1320. The molecule has 34 heavy (non-hydrogen) atoms. The minimum absolute atomic E-state index is 0.270. The lowest BCUT2D eigenvalue weighted by atomic mass is 10.2. The summed E-state index contributed by atoms with van der Waals surface area (Å²) in [6.45, 7) is 4.72. The fourth-order valence-corrected chi connectivity index (χ4v) is 3.64. The van der Waals surface area contributed by atoms with E-state index in [0.29, 0.717) is 42.1 Å². The molecule has 1 saturated heterocycles. The number of para-hydroxylation sites is 1. The molecule has 172 valence electrons. The standard InChI is InChI=1S/C25H24N6O3/c1-17-21(16-26-25(27-17)31-11-13-33-14-12-31)22-15-23(32)30-24(29-22)28-18-7-9-20(10-8-18)34-19-5-3-2-4-6-19/h2-10,15-16H,11-14H2,1H3,(H2,28,29,30,32). The highest BCUT2D eigenvalue weighted by Crippen LogP contribution is 2.25. The maximum Gasteiger partial charge on any atom is 0.252 e. The lowest BCUT2D eigenvalue weighted by Gasteiger charge is -2.27. The summed E-state index contributed by atoms with van der Waals surface area (Å²) < 4.78 is 11.2. The monoisotopic (exact) mass is 456 g/mol. The molecule has 0 saturated carbocycles. The highest BCUT2D eigenvalue weighted by molar-refractivity contribution is 5.64. The minimum Gasteiger partial charge on any atom is -0.457 e. The Labute approximate surface area is 196 Å². The normalized spacial score (nSPS) is 13.5. The van der Waals surface area contributed by atoms with Crippen molar-refractivity contribution in [2.24, 2.45) is 0 Å². The Kier molecular flexibility index (Phi) is 6.17. The van der Waals surface area contributed by atoms with E-state index in [1.165, 1.54) is 6.07 Å². The molecule has 9 heteroatoms. The second-order valence-corrected chi connectivity index (χ2v) is 7.81. The summed E-state index contributed by atoms with van der Waals surface area (Å²) in [5.74, 6) is 2.46. The number of aromatic amines is 1. The van der Waals surface area contributed by atoms with Crippen LogP contribution in [-0.2, 0) is 4.74 Å². The van der Waals surface area contributed by atoms with Crippen LogP contribution in [0, 0.1) is 6.92 Å². The maximum absolute atomic E-state index is 12.3. The zero-order valence-electron chi connectivity index (χ0n) is 18.7. The molecule has 0 radical (unpaired) electrons. The van der Waals surface area contributed by atoms with Crippen molar-refractivity contribution in [1.29, 1.82) is 0 Å². The minimum atomic E-state index is -0.270. The van der Waals surface area contributed by atoms with Gasteiger partial charge in [-0.05, 0) is 43.3 Å². The number of H-pyrrole nitrogens is 1. The van der Waals surface area contributed by atoms with Crippen molar-refractivity contribution in [2.45, 2.75) is 6.92 Å². The largest absolute Gasteiger partial charge is 0.457 e. The fraction of sp³-hybridized carbons (Fsp3) is 0.200. The summed E-state index contributed by atoms with van der Waals surface area (Å²) in [6, 6.07) is 18.4. The number of nitrogens with one attached hydrogen (secondary N) is 2. The summed E-state index contributed by atoms with van der Waals surface area (Å²) in [5.41, 5.74) is 2.45. The van der Waals surface area contributed by atoms with Crippen LogP contribution in [0.1, 0.15) is 5.69 Å². The van der Waals surface area contributed by atoms with E-state index in [1.807, 2.05) is 61.5 Å². The average Bonchev–Trinajstić information content (AvgIpc) is 2.86. The second-order valence-electron chi connectivity index (χ2n) is 7.81. The summed E-state index contributed by atoms with van der Waals surface area (Å²) in [5, 5.41) is 3.14. The Morgan fingerprint density at radius 2 is 1.74 bits per heavy atom. The predicted octanol–water partition coefficient (Wildman–Crippen LogP) is 3.91. The summed E-state index contributed by atoms with van der Waals surface area (Å²) in [6.07, 6.45) is 1.72. The molecule has 9 nitrogen and oxygen atoms in total. The molecule has 2 N–H and O–H groups in total. The number of hydrogen-bond donors (Lipinski definition) is 2. The number of nitrogens with zero attached hydrogens (tertiary/aromatic N) is 4. The highest BCUT2D eigenvalue weighted by Gasteiger charge is 2.16. The zero-order valence-corrected chi connectivity index (χ0v) is 18.7. The van der Waals surface area contributed by atoms with Gasteiger partial charge < -0.3 is 19.7 Å². The van der Waals surface area contributed by atoms with Crippen molar-refractivity contribution in [3.63, 3.8) is 0 Å². The lowest BCUT2D eigenvalue weighted by Crippen LogP contribution is -2.37. The van der Waals surface area contributed by atoms with Crippen molar-refractivity contribution >= 4 is 17.6 Å². The van der Waals surface area contributed by atoms with Crippen molar-refractivity contribution in [1.82, 2.24) is 19.9 Å². The number of morpholine rings is 1. The molecular weight excluding hydrogens is 432 g/mol. The van der Waals surface area contributed by atoms with E-state index in [4.69, 9.17) is 9.47 Å². The molecule has 2 aromatic heterocycles. The van der Waals surface area contributed by atoms with Crippen molar-refractivity contribution in [2.75, 3.05) is 36.5 Å². The third kappa shape index (κ3) is 5.05. The molecular formula is C25H24N6O3. The molecule has 1 aliphatic rings. The molecule has 0 aliphatic carbocycles. The first-order chi connectivity index (χ1) is 16.6. The average molecular weight is 457 g/mol. The van der Waals surface area contributed by atoms with Gasteiger partial charge in [-0.25, -0.2) is 15.0 Å². The van der Waals surface area contributed by atoms with E-state index in [9.17, 15) is 4.79 Å². The fourth-order valence-electron chi connectivity index (χ4n) is 3.64. The van der Waals surface area contributed by atoms with Gasteiger partial charge in [0.2, 0.25) is 11.9 Å². The van der Waals surface area contributed by atoms with Crippen molar-refractivity contribution < 1.29 is 9.47 Å². The van der Waals surface area contributed by atoms with E-state index in [2.05, 4.69) is 30.2 Å². The van der Waals surface area contributed by atoms with E-state index in [1.54, 1.807) is 6.20 Å². The molecule has 5 rings (SSSR count). The smallest absolute Gasteiger partial charge is 0.252 e. The van der Waals surface area contributed by atoms with Gasteiger partial charge in [-0.1, -0.05) is 18.2 Å². The van der Waals surface area contributed by atoms with Crippen LogP contribution in [0.25, 0.3) is 11.3 Å². The Morgan fingerprint density at radius 3 is 2.47 bits per heavy atom. The summed E-state index contributed by atoms with van der Waals surface area (Å²) >= 11 is 0. The molecule has 0 spiro atoms. The predicted molar refractivity (Wildman–Crippen MR) is 130 cm³/mol. The van der Waals surface area contributed by atoms with Crippen LogP contribution in [0.5, 0.6) is 11.5 Å². The molecule has 1 fully saturated rings. The third-order valence-electron chi connectivity index (χ3n) is 5.37. The Hall–Kier alpha value is -4.24. The van der Waals surface area contributed by atoms with Crippen molar-refractivity contribution in [3.05, 3.63) is 82.9 Å². The van der Waals surface area contributed by atoms with Gasteiger partial charge in [0.15, 0.2) is 0 Å². The quantitative estimate of drug-likeness (QED) is 0.450. The topological polar surface area (TPSA) is 105 Å². The number of benzene rings is 2. The van der Waals surface area contributed by atoms with Crippen LogP contribution in [0.4, 0.5) is 17.6 Å². The number of ether oxygens (including phenoxy) is 2. The SMILES string of the molecule is Cc1nc(N2CCOCC2)ncc1-c1cc(=O)[nH]c(Nc2ccc(Oc3ccccc3)cc2)n1. The highest BCUT2D eigenvalue weighted by atomic mass is 16.5. The van der Waals surface area contributed by atoms with Gasteiger partial charge in [0.25, 0.3) is 5.56 Å². The molecule has 0 amide bonds. The molecule has 0 atom stereocenters. The van der Waals surface area contributed by atoms with E-state index < -0.39 is 0 Å². The maximum atomic E-state index is 12.3. The molecule has 4 aromatic rings. The van der Waals surface area contributed by atoms with Crippen LogP contribution in [0.2, 0.25) is 0 Å². The van der Waals surface area contributed by atoms with E-state index in [-0.39, 0.29) is 5.56 Å². The van der Waals surface area contributed by atoms with Crippen LogP contribution in [0.15, 0.2) is 71.7 Å². The van der Waals surface area contributed by atoms with Gasteiger partial charge in [0, 0.05) is 36.6 Å².